The number of H-pyrrole nitrogens is 1. The van der Waals surface area contributed by atoms with Crippen molar-refractivity contribution < 1.29 is 0 Å². The Morgan fingerprint density at radius 3 is 3.08 bits per heavy atom. The normalized spacial score (nSPS) is 10.4. The van der Waals surface area contributed by atoms with Gasteiger partial charge in [-0.2, -0.15) is 0 Å². The van der Waals surface area contributed by atoms with Crippen LogP contribution in [0.5, 0.6) is 0 Å². The van der Waals surface area contributed by atoms with Gasteiger partial charge in [0.2, 0.25) is 0 Å². The number of aromatic nitrogens is 2. The van der Waals surface area contributed by atoms with Crippen LogP contribution < -0.4 is 5.56 Å². The number of benzene rings is 1. The summed E-state index contributed by atoms with van der Waals surface area (Å²) in [5.74, 6) is 0. The van der Waals surface area contributed by atoms with Crippen molar-refractivity contribution in [3.05, 3.63) is 39.9 Å². The van der Waals surface area contributed by atoms with Crippen molar-refractivity contribution >= 4 is 22.5 Å². The molecule has 0 atom stereocenters. The molecule has 0 aliphatic carbocycles. The molecule has 2 rings (SSSR count). The topological polar surface area (TPSA) is 45.8 Å². The van der Waals surface area contributed by atoms with Gasteiger partial charge in [-0.1, -0.05) is 11.6 Å². The molecule has 0 saturated carbocycles. The maximum absolute atomic E-state index is 11.2. The van der Waals surface area contributed by atoms with E-state index < -0.39 is 0 Å². The van der Waals surface area contributed by atoms with E-state index in [1.54, 1.807) is 18.2 Å². The lowest BCUT2D eigenvalue weighted by atomic mass is 10.2. The zero-order chi connectivity index (χ0) is 8.55. The lowest BCUT2D eigenvalue weighted by Crippen LogP contribution is -2.05. The molecule has 1 N–H and O–H groups in total. The van der Waals surface area contributed by atoms with E-state index in [0.717, 1.165) is 0 Å². The standard InChI is InChI=1S/C8H5ClN2O/c9-5-1-2-7-6(3-5)8(12)11-4-10-7/h1-4H,(H,10,11,12). The number of fused-ring (bicyclic) bond motifs is 1. The van der Waals surface area contributed by atoms with Crippen LogP contribution in [-0.2, 0) is 0 Å². The fourth-order valence-electron chi connectivity index (χ4n) is 1.04. The smallest absolute Gasteiger partial charge is 0.258 e. The number of nitrogens with zero attached hydrogens (tertiary/aromatic N) is 1. The number of hydrogen-bond acceptors (Lipinski definition) is 2. The molecule has 0 fully saturated rings. The zero-order valence-corrected chi connectivity index (χ0v) is 6.80. The Hall–Kier alpha value is -1.35. The van der Waals surface area contributed by atoms with Gasteiger partial charge in [0, 0.05) is 5.02 Å². The van der Waals surface area contributed by atoms with Gasteiger partial charge in [-0.3, -0.25) is 4.79 Å². The minimum absolute atomic E-state index is 0.164. The second-order valence-corrected chi connectivity index (χ2v) is 2.83. The summed E-state index contributed by atoms with van der Waals surface area (Å²) < 4.78 is 0. The first-order chi connectivity index (χ1) is 5.77. The number of rotatable bonds is 0. The van der Waals surface area contributed by atoms with E-state index in [1.165, 1.54) is 6.33 Å². The monoisotopic (exact) mass is 180 g/mol. The molecule has 0 amide bonds. The maximum Gasteiger partial charge on any atom is 0.258 e. The zero-order valence-electron chi connectivity index (χ0n) is 6.04. The Bertz CT molecular complexity index is 478. The molecule has 0 spiro atoms. The van der Waals surface area contributed by atoms with Crippen LogP contribution in [0.15, 0.2) is 29.3 Å². The number of nitrogens with one attached hydrogen (secondary N) is 1. The number of hydrogen-bond donors (Lipinski definition) is 1. The highest BCUT2D eigenvalue weighted by molar-refractivity contribution is 6.31. The van der Waals surface area contributed by atoms with E-state index >= 15 is 0 Å². The summed E-state index contributed by atoms with van der Waals surface area (Å²) in [6, 6.07) is 5.02. The van der Waals surface area contributed by atoms with E-state index in [0.29, 0.717) is 15.9 Å². The Morgan fingerprint density at radius 1 is 1.42 bits per heavy atom. The highest BCUT2D eigenvalue weighted by Crippen LogP contribution is 2.13. The second kappa shape index (κ2) is 2.60. The largest absolute Gasteiger partial charge is 0.313 e. The number of halogens is 1. The second-order valence-electron chi connectivity index (χ2n) is 2.39. The van der Waals surface area contributed by atoms with Crippen LogP contribution in [0.3, 0.4) is 0 Å². The highest BCUT2D eigenvalue weighted by atomic mass is 35.5. The average Bonchev–Trinajstić information content (AvgIpc) is 2.07. The Balaban J connectivity index is 2.98. The van der Waals surface area contributed by atoms with E-state index in [9.17, 15) is 4.79 Å². The fraction of sp³-hybridized carbons (Fsp3) is 0. The predicted molar refractivity (Wildman–Crippen MR) is 47.4 cm³/mol. The van der Waals surface area contributed by atoms with Gasteiger partial charge < -0.3 is 4.98 Å². The quantitative estimate of drug-likeness (QED) is 0.669. The highest BCUT2D eigenvalue weighted by Gasteiger charge is 1.98. The van der Waals surface area contributed by atoms with Crippen LogP contribution >= 0.6 is 11.6 Å². The van der Waals surface area contributed by atoms with Crippen LogP contribution in [0.4, 0.5) is 0 Å². The Kier molecular flexibility index (Phi) is 1.59. The van der Waals surface area contributed by atoms with Gasteiger partial charge in [0.25, 0.3) is 5.56 Å². The van der Waals surface area contributed by atoms with Crippen molar-refractivity contribution in [1.29, 1.82) is 0 Å². The third-order valence-electron chi connectivity index (χ3n) is 1.60. The van der Waals surface area contributed by atoms with Gasteiger partial charge >= 0.3 is 0 Å². The van der Waals surface area contributed by atoms with Crippen molar-refractivity contribution in [2.45, 2.75) is 0 Å². The summed E-state index contributed by atoms with van der Waals surface area (Å²) in [6.07, 6.45) is 1.37. The van der Waals surface area contributed by atoms with Crippen molar-refractivity contribution in [1.82, 2.24) is 9.97 Å². The predicted octanol–water partition coefficient (Wildman–Crippen LogP) is 1.58. The van der Waals surface area contributed by atoms with Gasteiger partial charge in [0.15, 0.2) is 0 Å². The third-order valence-corrected chi connectivity index (χ3v) is 1.84. The first-order valence-corrected chi connectivity index (χ1v) is 3.78. The van der Waals surface area contributed by atoms with Crippen molar-refractivity contribution in [3.63, 3.8) is 0 Å². The van der Waals surface area contributed by atoms with E-state index in [-0.39, 0.29) is 5.56 Å². The van der Waals surface area contributed by atoms with Gasteiger partial charge in [-0.15, -0.1) is 0 Å². The van der Waals surface area contributed by atoms with Crippen LogP contribution in [-0.4, -0.2) is 9.97 Å². The average molecular weight is 181 g/mol. The molecule has 4 heteroatoms. The molecule has 1 aromatic heterocycles. The molecule has 3 nitrogen and oxygen atoms in total. The molecule has 2 aromatic rings. The van der Waals surface area contributed by atoms with Gasteiger partial charge in [-0.05, 0) is 18.2 Å². The molecule has 0 unspecified atom stereocenters. The number of aromatic amines is 1. The summed E-state index contributed by atoms with van der Waals surface area (Å²) in [5.41, 5.74) is 0.491. The van der Waals surface area contributed by atoms with Gasteiger partial charge in [-0.25, -0.2) is 4.98 Å². The van der Waals surface area contributed by atoms with Crippen LogP contribution in [0.1, 0.15) is 0 Å². The minimum atomic E-state index is -0.164. The Labute approximate surface area is 73.0 Å². The minimum Gasteiger partial charge on any atom is -0.313 e. The molecule has 0 aliphatic rings. The third kappa shape index (κ3) is 1.08. The fourth-order valence-corrected chi connectivity index (χ4v) is 1.21. The summed E-state index contributed by atoms with van der Waals surface area (Å²) in [7, 11) is 0. The summed E-state index contributed by atoms with van der Waals surface area (Å²) in [5, 5.41) is 1.06. The molecule has 0 radical (unpaired) electrons. The van der Waals surface area contributed by atoms with Crippen molar-refractivity contribution in [2.24, 2.45) is 0 Å². The SMILES string of the molecule is O=c1[nH]cnc2ccc(Cl)cc12. The molecular formula is C8H5ClN2O. The lowest BCUT2D eigenvalue weighted by Gasteiger charge is -1.94. The first kappa shape index (κ1) is 7.31. The summed E-state index contributed by atoms with van der Waals surface area (Å²) in [4.78, 5) is 17.6. The van der Waals surface area contributed by atoms with Crippen molar-refractivity contribution in [2.75, 3.05) is 0 Å². The van der Waals surface area contributed by atoms with Crippen LogP contribution in [0.2, 0.25) is 5.02 Å². The molecular weight excluding hydrogens is 176 g/mol. The van der Waals surface area contributed by atoms with Crippen molar-refractivity contribution in [3.8, 4) is 0 Å². The molecule has 1 heterocycles. The summed E-state index contributed by atoms with van der Waals surface area (Å²) >= 11 is 5.71. The molecule has 0 saturated heterocycles. The molecule has 12 heavy (non-hydrogen) atoms. The van der Waals surface area contributed by atoms with E-state index in [4.69, 9.17) is 11.6 Å². The molecule has 0 aliphatic heterocycles. The van der Waals surface area contributed by atoms with E-state index in [2.05, 4.69) is 9.97 Å². The molecule has 1 aromatic carbocycles. The summed E-state index contributed by atoms with van der Waals surface area (Å²) in [6.45, 7) is 0. The molecule has 0 bridgehead atoms. The van der Waals surface area contributed by atoms with Crippen LogP contribution in [0, 0.1) is 0 Å². The lowest BCUT2D eigenvalue weighted by molar-refractivity contribution is 1.17. The van der Waals surface area contributed by atoms with Gasteiger partial charge in [0.05, 0.1) is 17.2 Å². The molecule has 60 valence electrons. The maximum atomic E-state index is 11.2. The van der Waals surface area contributed by atoms with Gasteiger partial charge in [0.1, 0.15) is 0 Å². The van der Waals surface area contributed by atoms with E-state index in [1.807, 2.05) is 0 Å². The Morgan fingerprint density at radius 2 is 2.25 bits per heavy atom. The van der Waals surface area contributed by atoms with Crippen LogP contribution in [0.25, 0.3) is 10.9 Å². The first-order valence-electron chi connectivity index (χ1n) is 3.40.